The summed E-state index contributed by atoms with van der Waals surface area (Å²) in [6, 6.07) is 15.7. The number of nitrogens with one attached hydrogen (secondary N) is 3. The van der Waals surface area contributed by atoms with Crippen molar-refractivity contribution in [3.8, 4) is 22.4 Å². The zero-order valence-corrected chi connectivity index (χ0v) is 28.3. The van der Waals surface area contributed by atoms with Crippen molar-refractivity contribution in [3.05, 3.63) is 66.1 Å². The van der Waals surface area contributed by atoms with Crippen LogP contribution in [0.5, 0.6) is 0 Å². The summed E-state index contributed by atoms with van der Waals surface area (Å²) in [5.74, 6) is 0.780. The first-order valence-corrected chi connectivity index (χ1v) is 16.8. The summed E-state index contributed by atoms with van der Waals surface area (Å²) in [7, 11) is 0. The van der Waals surface area contributed by atoms with Crippen molar-refractivity contribution in [2.75, 3.05) is 6.54 Å². The molecule has 2 heterocycles. The summed E-state index contributed by atoms with van der Waals surface area (Å²) in [4.78, 5) is 48.4. The van der Waals surface area contributed by atoms with Crippen LogP contribution in [0.3, 0.4) is 0 Å². The van der Waals surface area contributed by atoms with Gasteiger partial charge in [0.2, 0.25) is 0 Å². The minimum absolute atomic E-state index is 0.117. The molecular weight excluding hydrogens is 594 g/mol. The fourth-order valence-electron chi connectivity index (χ4n) is 6.99. The van der Waals surface area contributed by atoms with Gasteiger partial charge in [-0.3, -0.25) is 4.79 Å². The first-order chi connectivity index (χ1) is 22.2. The van der Waals surface area contributed by atoms with Crippen molar-refractivity contribution in [3.63, 3.8) is 0 Å². The molecule has 10 nitrogen and oxygen atoms in total. The number of aromatic amines is 1. The second kappa shape index (κ2) is 12.4. The molecule has 1 aliphatic heterocycles. The number of nitrogens with zero attached hydrogens (tertiary/aromatic N) is 2. The van der Waals surface area contributed by atoms with Crippen LogP contribution in [0, 0.1) is 0 Å². The van der Waals surface area contributed by atoms with Crippen molar-refractivity contribution in [1.82, 2.24) is 25.5 Å². The van der Waals surface area contributed by atoms with Gasteiger partial charge < -0.3 is 30.0 Å². The lowest BCUT2D eigenvalue weighted by atomic mass is 9.95. The second-order valence-electron chi connectivity index (χ2n) is 15.2. The number of hydrogen-bond acceptors (Lipinski definition) is 6. The Morgan fingerprint density at radius 1 is 0.830 bits per heavy atom. The molecule has 3 amide bonds. The lowest BCUT2D eigenvalue weighted by molar-refractivity contribution is 0.0180. The van der Waals surface area contributed by atoms with Crippen molar-refractivity contribution in [2.45, 2.75) is 115 Å². The molecular formula is C37H47N5O5. The van der Waals surface area contributed by atoms with Crippen molar-refractivity contribution < 1.29 is 23.9 Å². The number of piperidine rings is 1. The Morgan fingerprint density at radius 2 is 1.43 bits per heavy atom. The third kappa shape index (κ3) is 7.31. The van der Waals surface area contributed by atoms with Crippen LogP contribution in [-0.4, -0.2) is 68.8 Å². The molecule has 2 aliphatic carbocycles. The summed E-state index contributed by atoms with van der Waals surface area (Å²) in [5, 5.41) is 6.02. The number of hydrogen-bond donors (Lipinski definition) is 3. The first-order valence-electron chi connectivity index (χ1n) is 16.8. The van der Waals surface area contributed by atoms with Crippen LogP contribution < -0.4 is 10.6 Å². The maximum absolute atomic E-state index is 13.1. The summed E-state index contributed by atoms with van der Waals surface area (Å²) < 4.78 is 11.1. The number of alkyl carbamates (subject to hydrolysis) is 1. The molecule has 0 radical (unpaired) electrons. The molecule has 4 unspecified atom stereocenters. The van der Waals surface area contributed by atoms with Crippen LogP contribution in [0.25, 0.3) is 22.4 Å². The number of aromatic nitrogens is 2. The van der Waals surface area contributed by atoms with E-state index in [4.69, 9.17) is 14.5 Å². The largest absolute Gasteiger partial charge is 0.444 e. The van der Waals surface area contributed by atoms with E-state index in [9.17, 15) is 14.4 Å². The van der Waals surface area contributed by atoms with E-state index in [1.54, 1.807) is 0 Å². The number of amides is 3. The number of ether oxygens (including phenoxy) is 2. The SMILES string of the molecule is CC(C)(C)OC(=O)NC1CCCC1NC(=O)c1ccc(-c2ccc(-c3cnc(C45CCCN(C(=O)OC(C)(C)C)C4C5)[nH]3)cc2)cc1. The zero-order chi connectivity index (χ0) is 33.6. The van der Waals surface area contributed by atoms with E-state index < -0.39 is 17.3 Å². The Balaban J connectivity index is 1.06. The van der Waals surface area contributed by atoms with Gasteiger partial charge in [0.05, 0.1) is 23.3 Å². The number of rotatable bonds is 6. The van der Waals surface area contributed by atoms with Crippen LogP contribution in [-0.2, 0) is 14.9 Å². The molecule has 10 heteroatoms. The quantitative estimate of drug-likeness (QED) is 0.267. The van der Waals surface area contributed by atoms with Crippen LogP contribution in [0.15, 0.2) is 54.7 Å². The van der Waals surface area contributed by atoms with Gasteiger partial charge in [-0.05, 0) is 109 Å². The summed E-state index contributed by atoms with van der Waals surface area (Å²) in [6.45, 7) is 11.9. The third-order valence-corrected chi connectivity index (χ3v) is 9.32. The highest BCUT2D eigenvalue weighted by Gasteiger charge is 2.63. The minimum Gasteiger partial charge on any atom is -0.444 e. The monoisotopic (exact) mass is 641 g/mol. The topological polar surface area (TPSA) is 126 Å². The van der Waals surface area contributed by atoms with Crippen LogP contribution in [0.1, 0.15) is 96.2 Å². The van der Waals surface area contributed by atoms with E-state index >= 15 is 0 Å². The van der Waals surface area contributed by atoms with Crippen molar-refractivity contribution in [2.24, 2.45) is 0 Å². The van der Waals surface area contributed by atoms with E-state index in [-0.39, 0.29) is 35.5 Å². The molecule has 250 valence electrons. The van der Waals surface area contributed by atoms with Crippen molar-refractivity contribution in [1.29, 1.82) is 0 Å². The van der Waals surface area contributed by atoms with E-state index in [1.807, 2.05) is 76.9 Å². The number of carbonyl (C=O) groups excluding carboxylic acids is 3. The van der Waals surface area contributed by atoms with E-state index in [2.05, 4.69) is 39.9 Å². The average Bonchev–Trinajstić information content (AvgIpc) is 3.30. The molecule has 3 aliphatic rings. The Hall–Kier alpha value is -4.34. The molecule has 3 N–H and O–H groups in total. The Bertz CT molecular complexity index is 1620. The standard InChI is InChI=1S/C37H47N5O5/c1-35(2,3)46-33(44)41-28-10-7-9-27(28)39-31(43)26-17-13-24(14-18-26)23-11-15-25(16-12-23)29-22-38-32(40-29)37-19-8-20-42(30(37)21-37)34(45)47-36(4,5)6/h11-18,22,27-28,30H,7-10,19-21H2,1-6H3,(H,38,40)(H,39,43)(H,41,44). The molecule has 0 spiro atoms. The number of carbonyl (C=O) groups is 3. The van der Waals surface area contributed by atoms with Crippen LogP contribution >= 0.6 is 0 Å². The highest BCUT2D eigenvalue weighted by atomic mass is 16.6. The highest BCUT2D eigenvalue weighted by molar-refractivity contribution is 5.95. The normalized spacial score (nSPS) is 23.9. The molecule has 1 aromatic heterocycles. The van der Waals surface area contributed by atoms with E-state index in [0.717, 1.165) is 73.3 Å². The van der Waals surface area contributed by atoms with Gasteiger partial charge in [0.25, 0.3) is 5.91 Å². The Kier molecular flexibility index (Phi) is 8.57. The fraction of sp³-hybridized carbons (Fsp3) is 0.514. The molecule has 47 heavy (non-hydrogen) atoms. The zero-order valence-electron chi connectivity index (χ0n) is 28.3. The van der Waals surface area contributed by atoms with Gasteiger partial charge in [0.15, 0.2) is 0 Å². The number of H-pyrrole nitrogens is 1. The lowest BCUT2D eigenvalue weighted by Gasteiger charge is -2.33. The molecule has 2 aromatic carbocycles. The van der Waals surface area contributed by atoms with Gasteiger partial charge in [-0.25, -0.2) is 14.6 Å². The molecule has 1 saturated heterocycles. The van der Waals surface area contributed by atoms with Gasteiger partial charge >= 0.3 is 12.2 Å². The molecule has 0 bridgehead atoms. The predicted octanol–water partition coefficient (Wildman–Crippen LogP) is 6.96. The smallest absolute Gasteiger partial charge is 0.410 e. The maximum Gasteiger partial charge on any atom is 0.410 e. The molecule has 4 atom stereocenters. The fourth-order valence-corrected chi connectivity index (χ4v) is 6.99. The minimum atomic E-state index is -0.574. The predicted molar refractivity (Wildman–Crippen MR) is 180 cm³/mol. The third-order valence-electron chi connectivity index (χ3n) is 9.32. The average molecular weight is 642 g/mol. The first kappa shape index (κ1) is 32.6. The summed E-state index contributed by atoms with van der Waals surface area (Å²) in [5.41, 5.74) is 3.37. The van der Waals surface area contributed by atoms with Crippen LogP contribution in [0.4, 0.5) is 9.59 Å². The van der Waals surface area contributed by atoms with Crippen LogP contribution in [0.2, 0.25) is 0 Å². The van der Waals surface area contributed by atoms with Gasteiger partial charge in [-0.2, -0.15) is 0 Å². The molecule has 2 saturated carbocycles. The lowest BCUT2D eigenvalue weighted by Crippen LogP contribution is -2.49. The summed E-state index contributed by atoms with van der Waals surface area (Å²) in [6.07, 6.45) is 6.54. The Morgan fingerprint density at radius 3 is 2.06 bits per heavy atom. The number of likely N-dealkylation sites (tertiary alicyclic amines) is 1. The van der Waals surface area contributed by atoms with Crippen molar-refractivity contribution >= 4 is 18.1 Å². The molecule has 6 rings (SSSR count). The maximum atomic E-state index is 13.1. The number of benzene rings is 2. The summed E-state index contributed by atoms with van der Waals surface area (Å²) >= 11 is 0. The van der Waals surface area contributed by atoms with Gasteiger partial charge in [-0.1, -0.05) is 36.4 Å². The van der Waals surface area contributed by atoms with Gasteiger partial charge in [0, 0.05) is 24.2 Å². The number of imidazole rings is 1. The van der Waals surface area contributed by atoms with E-state index in [1.165, 1.54) is 0 Å². The highest BCUT2D eigenvalue weighted by Crippen LogP contribution is 2.56. The molecule has 3 fully saturated rings. The second-order valence-corrected chi connectivity index (χ2v) is 15.2. The Labute approximate surface area is 277 Å². The molecule has 3 aromatic rings. The number of fused-ring (bicyclic) bond motifs is 1. The van der Waals surface area contributed by atoms with Gasteiger partial charge in [0.1, 0.15) is 17.0 Å². The van der Waals surface area contributed by atoms with Gasteiger partial charge in [-0.15, -0.1) is 0 Å². The van der Waals surface area contributed by atoms with E-state index in [0.29, 0.717) is 5.56 Å².